The lowest BCUT2D eigenvalue weighted by Gasteiger charge is -2.35. The Morgan fingerprint density at radius 3 is 2.19 bits per heavy atom. The number of carbonyl (C=O) groups excluding carboxylic acids is 2. The maximum atomic E-state index is 13.1. The predicted molar refractivity (Wildman–Crippen MR) is 111 cm³/mol. The van der Waals surface area contributed by atoms with Gasteiger partial charge in [0.05, 0.1) is 11.6 Å². The van der Waals surface area contributed by atoms with Crippen molar-refractivity contribution in [1.29, 1.82) is 0 Å². The Labute approximate surface area is 180 Å². The monoisotopic (exact) mass is 446 g/mol. The summed E-state index contributed by atoms with van der Waals surface area (Å²) in [6.07, 6.45) is 0. The molecule has 0 aliphatic carbocycles. The molecule has 2 aliphatic rings. The van der Waals surface area contributed by atoms with Crippen molar-refractivity contribution in [1.82, 2.24) is 19.4 Å². The number of carbonyl (C=O) groups is 2. The zero-order valence-corrected chi connectivity index (χ0v) is 17.8. The number of amides is 3. The third-order valence-corrected chi connectivity index (χ3v) is 7.66. The van der Waals surface area contributed by atoms with E-state index in [1.807, 2.05) is 23.1 Å². The van der Waals surface area contributed by atoms with Crippen LogP contribution >= 0.6 is 0 Å². The molecule has 2 fully saturated rings. The fraction of sp³-hybridized carbons (Fsp3) is 0.333. The minimum absolute atomic E-state index is 0.0371. The summed E-state index contributed by atoms with van der Waals surface area (Å²) >= 11 is 0. The van der Waals surface area contributed by atoms with Crippen molar-refractivity contribution in [3.05, 3.63) is 66.0 Å². The lowest BCUT2D eigenvalue weighted by atomic mass is 9.92. The quantitative estimate of drug-likeness (QED) is 0.704. The van der Waals surface area contributed by atoms with Crippen LogP contribution in [0.5, 0.6) is 0 Å². The van der Waals surface area contributed by atoms with E-state index in [0.717, 1.165) is 17.0 Å². The van der Waals surface area contributed by atoms with Crippen LogP contribution in [-0.4, -0.2) is 67.3 Å². The van der Waals surface area contributed by atoms with Gasteiger partial charge in [-0.3, -0.25) is 9.69 Å². The Balaban J connectivity index is 1.40. The Morgan fingerprint density at radius 2 is 1.58 bits per heavy atom. The van der Waals surface area contributed by atoms with Crippen molar-refractivity contribution in [3.8, 4) is 0 Å². The summed E-state index contributed by atoms with van der Waals surface area (Å²) in [7, 11) is -3.73. The molecule has 0 unspecified atom stereocenters. The second kappa shape index (κ2) is 8.03. The van der Waals surface area contributed by atoms with Crippen LogP contribution in [0.1, 0.15) is 12.5 Å². The Hall–Kier alpha value is -2.82. The van der Waals surface area contributed by atoms with Gasteiger partial charge in [-0.2, -0.15) is 4.31 Å². The summed E-state index contributed by atoms with van der Waals surface area (Å²) in [6.45, 7) is 2.89. The van der Waals surface area contributed by atoms with Crippen molar-refractivity contribution in [3.63, 3.8) is 0 Å². The maximum Gasteiger partial charge on any atom is 0.326 e. The highest BCUT2D eigenvalue weighted by Gasteiger charge is 2.49. The molecule has 0 radical (unpaired) electrons. The highest BCUT2D eigenvalue weighted by molar-refractivity contribution is 7.89. The highest BCUT2D eigenvalue weighted by atomic mass is 32.2. The Morgan fingerprint density at radius 1 is 0.968 bits per heavy atom. The molecule has 0 saturated carbocycles. The number of halogens is 1. The maximum absolute atomic E-state index is 13.1. The van der Waals surface area contributed by atoms with E-state index in [1.54, 1.807) is 19.1 Å². The fourth-order valence-corrected chi connectivity index (χ4v) is 5.28. The molecule has 3 amide bonds. The summed E-state index contributed by atoms with van der Waals surface area (Å²) in [5.74, 6) is -0.843. The molecule has 0 bridgehead atoms. The third kappa shape index (κ3) is 3.93. The molecule has 31 heavy (non-hydrogen) atoms. The summed E-state index contributed by atoms with van der Waals surface area (Å²) in [5.41, 5.74) is -0.433. The van der Waals surface area contributed by atoms with Gasteiger partial charge in [0, 0.05) is 26.2 Å². The Bertz CT molecular complexity index is 1090. The largest absolute Gasteiger partial charge is 0.326 e. The molecule has 0 aromatic heterocycles. The first-order valence-corrected chi connectivity index (χ1v) is 11.3. The van der Waals surface area contributed by atoms with Gasteiger partial charge in [-0.05, 0) is 36.8 Å². The number of benzene rings is 2. The van der Waals surface area contributed by atoms with Gasteiger partial charge in [0.1, 0.15) is 11.4 Å². The first kappa shape index (κ1) is 21.4. The second-order valence-corrected chi connectivity index (χ2v) is 9.71. The molecule has 2 saturated heterocycles. The van der Waals surface area contributed by atoms with Crippen LogP contribution in [0.25, 0.3) is 0 Å². The summed E-state index contributed by atoms with van der Waals surface area (Å²) in [5, 5.41) is 2.77. The number of hydrogen-bond acceptors (Lipinski definition) is 5. The minimum atomic E-state index is -3.73. The van der Waals surface area contributed by atoms with Crippen molar-refractivity contribution < 1.29 is 22.4 Å². The number of urea groups is 1. The summed E-state index contributed by atoms with van der Waals surface area (Å²) in [4.78, 5) is 28.6. The SMILES string of the molecule is C[C@]1(c2ccccc2)NC(=O)N(CN2CCN(S(=O)(=O)c3ccc(F)cc3)CC2)C1=O. The molecule has 0 spiro atoms. The van der Waals surface area contributed by atoms with Gasteiger partial charge in [-0.25, -0.2) is 22.5 Å². The van der Waals surface area contributed by atoms with E-state index in [9.17, 15) is 22.4 Å². The van der Waals surface area contributed by atoms with E-state index in [4.69, 9.17) is 0 Å². The fourth-order valence-electron chi connectivity index (χ4n) is 3.86. The zero-order valence-electron chi connectivity index (χ0n) is 17.0. The number of nitrogens with zero attached hydrogens (tertiary/aromatic N) is 3. The number of piperazine rings is 1. The van der Waals surface area contributed by atoms with Crippen molar-refractivity contribution in [2.75, 3.05) is 32.8 Å². The van der Waals surface area contributed by atoms with Crippen LogP contribution in [0.3, 0.4) is 0 Å². The van der Waals surface area contributed by atoms with Gasteiger partial charge in [-0.1, -0.05) is 30.3 Å². The van der Waals surface area contributed by atoms with Gasteiger partial charge in [0.25, 0.3) is 5.91 Å². The number of rotatable bonds is 5. The van der Waals surface area contributed by atoms with Crippen molar-refractivity contribution in [2.45, 2.75) is 17.4 Å². The number of nitrogens with one attached hydrogen (secondary N) is 1. The van der Waals surface area contributed by atoms with E-state index in [0.29, 0.717) is 18.7 Å². The average molecular weight is 447 g/mol. The standard InChI is InChI=1S/C21H23FN4O4S/c1-21(16-5-3-2-4-6-16)19(27)26(20(28)23-21)15-24-11-13-25(14-12-24)31(29,30)18-9-7-17(22)8-10-18/h2-10H,11-15H2,1H3,(H,23,28)/t21-/m1/s1. The first-order valence-electron chi connectivity index (χ1n) is 9.89. The number of hydrogen-bond donors (Lipinski definition) is 1. The average Bonchev–Trinajstić information content (AvgIpc) is 2.99. The van der Waals surface area contributed by atoms with Crippen molar-refractivity contribution in [2.24, 2.45) is 0 Å². The Kier molecular flexibility index (Phi) is 5.54. The molecule has 2 aromatic rings. The molecule has 10 heteroatoms. The molecule has 8 nitrogen and oxygen atoms in total. The summed E-state index contributed by atoms with van der Waals surface area (Å²) in [6, 6.07) is 13.3. The smallest absolute Gasteiger partial charge is 0.319 e. The van der Waals surface area contributed by atoms with Crippen LogP contribution in [0, 0.1) is 5.82 Å². The summed E-state index contributed by atoms with van der Waals surface area (Å²) < 4.78 is 39.9. The van der Waals surface area contributed by atoms with Gasteiger partial charge in [0.2, 0.25) is 10.0 Å². The number of sulfonamides is 1. The van der Waals surface area contributed by atoms with Crippen LogP contribution < -0.4 is 5.32 Å². The molecule has 1 atom stereocenters. The van der Waals surface area contributed by atoms with E-state index < -0.39 is 27.4 Å². The van der Waals surface area contributed by atoms with Gasteiger partial charge in [-0.15, -0.1) is 0 Å². The molecular weight excluding hydrogens is 423 g/mol. The first-order chi connectivity index (χ1) is 14.7. The second-order valence-electron chi connectivity index (χ2n) is 7.77. The van der Waals surface area contributed by atoms with Gasteiger partial charge < -0.3 is 5.32 Å². The number of imide groups is 1. The van der Waals surface area contributed by atoms with E-state index in [1.165, 1.54) is 16.4 Å². The lowest BCUT2D eigenvalue weighted by molar-refractivity contribution is -0.132. The van der Waals surface area contributed by atoms with Crippen LogP contribution in [0.15, 0.2) is 59.5 Å². The normalized spacial score (nSPS) is 23.2. The van der Waals surface area contributed by atoms with E-state index in [2.05, 4.69) is 5.32 Å². The molecule has 1 N–H and O–H groups in total. The topological polar surface area (TPSA) is 90.0 Å². The van der Waals surface area contributed by atoms with Gasteiger partial charge in [0.15, 0.2) is 0 Å². The van der Waals surface area contributed by atoms with Gasteiger partial charge >= 0.3 is 6.03 Å². The molecule has 2 aromatic carbocycles. The molecule has 2 heterocycles. The highest BCUT2D eigenvalue weighted by Crippen LogP contribution is 2.29. The lowest BCUT2D eigenvalue weighted by Crippen LogP contribution is -2.52. The molecular formula is C21H23FN4O4S. The minimum Gasteiger partial charge on any atom is -0.319 e. The third-order valence-electron chi connectivity index (χ3n) is 5.75. The zero-order chi connectivity index (χ0) is 22.2. The molecule has 164 valence electrons. The van der Waals surface area contributed by atoms with E-state index in [-0.39, 0.29) is 30.6 Å². The van der Waals surface area contributed by atoms with Crippen LogP contribution in [0.4, 0.5) is 9.18 Å². The predicted octanol–water partition coefficient (Wildman–Crippen LogP) is 1.56. The van der Waals surface area contributed by atoms with Crippen LogP contribution in [0.2, 0.25) is 0 Å². The molecule has 2 aliphatic heterocycles. The molecule has 4 rings (SSSR count). The van der Waals surface area contributed by atoms with E-state index >= 15 is 0 Å². The van der Waals surface area contributed by atoms with Crippen molar-refractivity contribution >= 4 is 22.0 Å². The van der Waals surface area contributed by atoms with Crippen LogP contribution in [-0.2, 0) is 20.4 Å².